The highest BCUT2D eigenvalue weighted by Gasteiger charge is 2.16. The molecular weight excluding hydrogens is 282 g/mol. The monoisotopic (exact) mass is 303 g/mol. The van der Waals surface area contributed by atoms with E-state index in [1.165, 1.54) is 32.1 Å². The third-order valence-electron chi connectivity index (χ3n) is 3.90. The number of rotatable bonds is 5. The van der Waals surface area contributed by atoms with Gasteiger partial charge in [-0.1, -0.05) is 36.6 Å². The van der Waals surface area contributed by atoms with Crippen LogP contribution in [0, 0.1) is 0 Å². The molecule has 0 aliphatic heterocycles. The second-order valence-corrected chi connectivity index (χ2v) is 6.67. The molecule has 1 saturated carbocycles. The SMILES string of the molecule is CNc1ccccc1-c1nc(CSC2CCCCC2)no1. The van der Waals surface area contributed by atoms with Crippen LogP contribution < -0.4 is 5.32 Å². The van der Waals surface area contributed by atoms with Gasteiger partial charge in [-0.15, -0.1) is 0 Å². The smallest absolute Gasteiger partial charge is 0.260 e. The van der Waals surface area contributed by atoms with Gasteiger partial charge in [0.25, 0.3) is 5.89 Å². The Kier molecular flexibility index (Phi) is 4.80. The zero-order chi connectivity index (χ0) is 14.5. The number of thioether (sulfide) groups is 1. The van der Waals surface area contributed by atoms with Gasteiger partial charge in [0.1, 0.15) is 0 Å². The van der Waals surface area contributed by atoms with E-state index in [9.17, 15) is 0 Å². The van der Waals surface area contributed by atoms with Gasteiger partial charge in [-0.3, -0.25) is 0 Å². The van der Waals surface area contributed by atoms with E-state index >= 15 is 0 Å². The van der Waals surface area contributed by atoms with Crippen molar-refractivity contribution in [1.82, 2.24) is 10.1 Å². The second kappa shape index (κ2) is 6.98. The van der Waals surface area contributed by atoms with Crippen molar-refractivity contribution >= 4 is 17.4 Å². The molecule has 0 radical (unpaired) electrons. The Balaban J connectivity index is 1.65. The normalized spacial score (nSPS) is 16.0. The molecule has 0 atom stereocenters. The van der Waals surface area contributed by atoms with Crippen molar-refractivity contribution in [2.75, 3.05) is 12.4 Å². The molecule has 1 heterocycles. The number of nitrogens with one attached hydrogen (secondary N) is 1. The van der Waals surface area contributed by atoms with Gasteiger partial charge in [-0.2, -0.15) is 16.7 Å². The summed E-state index contributed by atoms with van der Waals surface area (Å²) in [7, 11) is 1.90. The molecule has 0 unspecified atom stereocenters. The summed E-state index contributed by atoms with van der Waals surface area (Å²) in [6.45, 7) is 0. The lowest BCUT2D eigenvalue weighted by Gasteiger charge is -2.19. The number of hydrogen-bond acceptors (Lipinski definition) is 5. The summed E-state index contributed by atoms with van der Waals surface area (Å²) in [6.07, 6.45) is 6.79. The van der Waals surface area contributed by atoms with E-state index in [1.54, 1.807) is 0 Å². The van der Waals surface area contributed by atoms with Crippen LogP contribution >= 0.6 is 11.8 Å². The minimum Gasteiger partial charge on any atom is -0.387 e. The lowest BCUT2D eigenvalue weighted by Crippen LogP contribution is -2.08. The lowest BCUT2D eigenvalue weighted by atomic mass is 10.0. The van der Waals surface area contributed by atoms with Crippen LogP contribution in [0.3, 0.4) is 0 Å². The van der Waals surface area contributed by atoms with Crippen LogP contribution in [-0.4, -0.2) is 22.4 Å². The molecule has 2 aromatic rings. The quantitative estimate of drug-likeness (QED) is 0.890. The lowest BCUT2D eigenvalue weighted by molar-refractivity contribution is 0.425. The maximum atomic E-state index is 5.42. The highest BCUT2D eigenvalue weighted by molar-refractivity contribution is 7.99. The van der Waals surface area contributed by atoms with Gasteiger partial charge in [0, 0.05) is 18.0 Å². The summed E-state index contributed by atoms with van der Waals surface area (Å²) in [4.78, 5) is 4.53. The fourth-order valence-electron chi connectivity index (χ4n) is 2.73. The first-order valence-electron chi connectivity index (χ1n) is 7.58. The zero-order valence-corrected chi connectivity index (χ0v) is 13.2. The number of hydrogen-bond donors (Lipinski definition) is 1. The molecule has 1 aliphatic carbocycles. The number of nitrogens with zero attached hydrogens (tertiary/aromatic N) is 2. The van der Waals surface area contributed by atoms with Crippen LogP contribution in [0.5, 0.6) is 0 Å². The first-order chi connectivity index (χ1) is 10.4. The molecule has 0 bridgehead atoms. The summed E-state index contributed by atoms with van der Waals surface area (Å²) in [5, 5.41) is 8.04. The minimum atomic E-state index is 0.596. The fraction of sp³-hybridized carbons (Fsp3) is 0.500. The summed E-state index contributed by atoms with van der Waals surface area (Å²) < 4.78 is 5.42. The first kappa shape index (κ1) is 14.4. The molecule has 0 saturated heterocycles. The molecule has 1 aromatic carbocycles. The largest absolute Gasteiger partial charge is 0.387 e. The fourth-order valence-corrected chi connectivity index (χ4v) is 3.90. The van der Waals surface area contributed by atoms with Crippen molar-refractivity contribution in [1.29, 1.82) is 0 Å². The van der Waals surface area contributed by atoms with Crippen LogP contribution in [0.15, 0.2) is 28.8 Å². The second-order valence-electron chi connectivity index (χ2n) is 5.38. The van der Waals surface area contributed by atoms with Crippen LogP contribution in [-0.2, 0) is 5.75 Å². The van der Waals surface area contributed by atoms with Gasteiger partial charge >= 0.3 is 0 Å². The average Bonchev–Trinajstić information content (AvgIpc) is 3.02. The minimum absolute atomic E-state index is 0.596. The van der Waals surface area contributed by atoms with Crippen LogP contribution in [0.25, 0.3) is 11.5 Å². The Morgan fingerprint density at radius 1 is 1.24 bits per heavy atom. The molecule has 21 heavy (non-hydrogen) atoms. The van der Waals surface area contributed by atoms with Crippen LogP contribution in [0.4, 0.5) is 5.69 Å². The number of anilines is 1. The van der Waals surface area contributed by atoms with E-state index in [2.05, 4.69) is 15.5 Å². The predicted octanol–water partition coefficient (Wildman–Crippen LogP) is 4.34. The topological polar surface area (TPSA) is 51.0 Å². The summed E-state index contributed by atoms with van der Waals surface area (Å²) >= 11 is 1.97. The molecule has 0 amide bonds. The summed E-state index contributed by atoms with van der Waals surface area (Å²) in [5.41, 5.74) is 1.97. The molecule has 3 rings (SSSR count). The Bertz CT molecular complexity index is 578. The Hall–Kier alpha value is -1.49. The Morgan fingerprint density at radius 3 is 2.86 bits per heavy atom. The van der Waals surface area contributed by atoms with Gasteiger partial charge in [0.05, 0.1) is 11.3 Å². The van der Waals surface area contributed by atoms with E-state index in [4.69, 9.17) is 4.52 Å². The maximum absolute atomic E-state index is 5.42. The van der Waals surface area contributed by atoms with E-state index in [0.29, 0.717) is 5.89 Å². The van der Waals surface area contributed by atoms with Gasteiger partial charge < -0.3 is 9.84 Å². The maximum Gasteiger partial charge on any atom is 0.260 e. The van der Waals surface area contributed by atoms with Gasteiger partial charge in [0.2, 0.25) is 0 Å². The predicted molar refractivity (Wildman–Crippen MR) is 87.4 cm³/mol. The number of para-hydroxylation sites is 1. The Labute approximate surface area is 129 Å². The molecule has 1 aromatic heterocycles. The molecule has 4 nitrogen and oxygen atoms in total. The average molecular weight is 303 g/mol. The summed E-state index contributed by atoms with van der Waals surface area (Å²) in [5.74, 6) is 2.24. The molecule has 0 spiro atoms. The van der Waals surface area contributed by atoms with Crippen molar-refractivity contribution in [3.63, 3.8) is 0 Å². The van der Waals surface area contributed by atoms with Crippen molar-refractivity contribution in [3.8, 4) is 11.5 Å². The van der Waals surface area contributed by atoms with E-state index in [1.807, 2.05) is 43.1 Å². The molecule has 1 N–H and O–H groups in total. The first-order valence-corrected chi connectivity index (χ1v) is 8.63. The van der Waals surface area contributed by atoms with Crippen molar-refractivity contribution in [2.45, 2.75) is 43.1 Å². The number of aromatic nitrogens is 2. The highest BCUT2D eigenvalue weighted by Crippen LogP contribution is 2.31. The van der Waals surface area contributed by atoms with Gasteiger partial charge in [-0.25, -0.2) is 0 Å². The van der Waals surface area contributed by atoms with Gasteiger partial charge in [-0.05, 0) is 25.0 Å². The molecule has 112 valence electrons. The van der Waals surface area contributed by atoms with E-state index < -0.39 is 0 Å². The van der Waals surface area contributed by atoms with Crippen molar-refractivity contribution < 1.29 is 4.52 Å². The van der Waals surface area contributed by atoms with Crippen molar-refractivity contribution in [3.05, 3.63) is 30.1 Å². The number of benzene rings is 1. The molecule has 5 heteroatoms. The Morgan fingerprint density at radius 2 is 2.05 bits per heavy atom. The summed E-state index contributed by atoms with van der Waals surface area (Å²) in [6, 6.07) is 7.98. The molecule has 1 fully saturated rings. The van der Waals surface area contributed by atoms with Gasteiger partial charge in [0.15, 0.2) is 5.82 Å². The van der Waals surface area contributed by atoms with Crippen molar-refractivity contribution in [2.24, 2.45) is 0 Å². The van der Waals surface area contributed by atoms with E-state index in [-0.39, 0.29) is 0 Å². The molecular formula is C16H21N3OS. The third-order valence-corrected chi connectivity index (χ3v) is 5.26. The van der Waals surface area contributed by atoms with E-state index in [0.717, 1.165) is 28.1 Å². The third kappa shape index (κ3) is 3.59. The van der Waals surface area contributed by atoms with Crippen LogP contribution in [0.2, 0.25) is 0 Å². The highest BCUT2D eigenvalue weighted by atomic mass is 32.2. The molecule has 1 aliphatic rings. The van der Waals surface area contributed by atoms with Crippen LogP contribution in [0.1, 0.15) is 37.9 Å². The standard InChI is InChI=1S/C16H21N3OS/c1-17-14-10-6-5-9-13(14)16-18-15(19-20-16)11-21-12-7-3-2-4-8-12/h5-6,9-10,12,17H,2-4,7-8,11H2,1H3. The zero-order valence-electron chi connectivity index (χ0n) is 12.3.